The normalized spacial score (nSPS) is 15.4. The number of carbonyl (C=O) groups excluding carboxylic acids is 2. The van der Waals surface area contributed by atoms with Gasteiger partial charge in [-0.2, -0.15) is 5.26 Å². The molecular formula is C16H16N6O2S. The van der Waals surface area contributed by atoms with E-state index in [1.54, 1.807) is 11.8 Å². The van der Waals surface area contributed by atoms with Crippen LogP contribution >= 0.6 is 11.3 Å². The summed E-state index contributed by atoms with van der Waals surface area (Å²) in [6.07, 6.45) is 2.42. The van der Waals surface area contributed by atoms with E-state index >= 15 is 0 Å². The second-order valence-electron chi connectivity index (χ2n) is 6.16. The van der Waals surface area contributed by atoms with E-state index in [9.17, 15) is 14.9 Å². The molecule has 128 valence electrons. The van der Waals surface area contributed by atoms with E-state index in [1.807, 2.05) is 4.57 Å². The first kappa shape index (κ1) is 15.8. The van der Waals surface area contributed by atoms with Crippen LogP contribution in [0.15, 0.2) is 0 Å². The van der Waals surface area contributed by atoms with Crippen LogP contribution in [0.2, 0.25) is 0 Å². The molecule has 0 spiro atoms. The minimum absolute atomic E-state index is 0.0159. The molecule has 2 aliphatic rings. The molecule has 0 aromatic carbocycles. The Hall–Kier alpha value is -2.73. The molecule has 25 heavy (non-hydrogen) atoms. The molecule has 9 heteroatoms. The van der Waals surface area contributed by atoms with E-state index in [4.69, 9.17) is 0 Å². The Morgan fingerprint density at radius 1 is 1.28 bits per heavy atom. The van der Waals surface area contributed by atoms with Crippen molar-refractivity contribution < 1.29 is 9.59 Å². The third-order valence-electron chi connectivity index (χ3n) is 4.65. The maximum Gasteiger partial charge on any atom is 0.294 e. The quantitative estimate of drug-likeness (QED) is 0.874. The lowest BCUT2D eigenvalue weighted by Gasteiger charge is -2.25. The van der Waals surface area contributed by atoms with Crippen LogP contribution in [0.5, 0.6) is 0 Å². The predicted octanol–water partition coefficient (Wildman–Crippen LogP) is 1.31. The summed E-state index contributed by atoms with van der Waals surface area (Å²) in [6, 6.07) is 2.20. The first-order valence-electron chi connectivity index (χ1n) is 8.12. The molecule has 0 bridgehead atoms. The lowest BCUT2D eigenvalue weighted by atomic mass is 10.0. The number of hydrogen-bond donors (Lipinski definition) is 1. The molecule has 2 aromatic rings. The fourth-order valence-electron chi connectivity index (χ4n) is 3.36. The zero-order valence-corrected chi connectivity index (χ0v) is 14.5. The second kappa shape index (κ2) is 5.97. The Kier molecular flexibility index (Phi) is 3.77. The molecule has 4 rings (SSSR count). The van der Waals surface area contributed by atoms with Gasteiger partial charge in [-0.3, -0.25) is 9.59 Å². The highest BCUT2D eigenvalue weighted by Crippen LogP contribution is 2.36. The number of amides is 2. The van der Waals surface area contributed by atoms with Crippen LogP contribution in [-0.4, -0.2) is 38.0 Å². The van der Waals surface area contributed by atoms with Gasteiger partial charge in [-0.15, -0.1) is 21.5 Å². The molecule has 2 aliphatic heterocycles. The first-order valence-corrected chi connectivity index (χ1v) is 8.93. The van der Waals surface area contributed by atoms with Gasteiger partial charge >= 0.3 is 0 Å². The van der Waals surface area contributed by atoms with Gasteiger partial charge in [0.1, 0.15) is 16.9 Å². The van der Waals surface area contributed by atoms with Gasteiger partial charge in [0.15, 0.2) is 0 Å². The van der Waals surface area contributed by atoms with Crippen molar-refractivity contribution in [1.29, 1.82) is 5.26 Å². The molecule has 0 aliphatic carbocycles. The van der Waals surface area contributed by atoms with Crippen LogP contribution in [0.1, 0.15) is 45.8 Å². The van der Waals surface area contributed by atoms with Gasteiger partial charge in [0, 0.05) is 31.3 Å². The fraction of sp³-hybridized carbons (Fsp3) is 0.438. The van der Waals surface area contributed by atoms with Crippen molar-refractivity contribution in [3.05, 3.63) is 27.7 Å². The average molecular weight is 356 g/mol. The highest BCUT2D eigenvalue weighted by Gasteiger charge is 2.28. The fourth-order valence-corrected chi connectivity index (χ4v) is 4.56. The van der Waals surface area contributed by atoms with E-state index in [2.05, 4.69) is 21.6 Å². The minimum Gasteiger partial charge on any atom is -0.337 e. The van der Waals surface area contributed by atoms with E-state index < -0.39 is 0 Å². The van der Waals surface area contributed by atoms with Crippen molar-refractivity contribution in [2.45, 2.75) is 39.3 Å². The number of thiophene rings is 1. The molecule has 0 fully saturated rings. The Balaban J connectivity index is 1.62. The van der Waals surface area contributed by atoms with Crippen molar-refractivity contribution in [2.24, 2.45) is 0 Å². The molecule has 0 unspecified atom stereocenters. The number of nitrogens with zero attached hydrogens (tertiary/aromatic N) is 5. The van der Waals surface area contributed by atoms with Gasteiger partial charge < -0.3 is 14.8 Å². The minimum atomic E-state index is -0.348. The number of rotatable bonds is 2. The third kappa shape index (κ3) is 2.59. The number of fused-ring (bicyclic) bond motifs is 2. The van der Waals surface area contributed by atoms with Crippen LogP contribution in [0.25, 0.3) is 0 Å². The molecule has 1 N–H and O–H groups in total. The number of aryl methyl sites for hydroxylation is 1. The Morgan fingerprint density at radius 2 is 2.12 bits per heavy atom. The highest BCUT2D eigenvalue weighted by atomic mass is 32.1. The maximum atomic E-state index is 12.6. The Labute approximate surface area is 148 Å². The summed E-state index contributed by atoms with van der Waals surface area (Å²) in [7, 11) is 0. The number of aromatic nitrogens is 3. The molecule has 8 nitrogen and oxygen atoms in total. The lowest BCUT2D eigenvalue weighted by Crippen LogP contribution is -2.33. The smallest absolute Gasteiger partial charge is 0.294 e. The molecular weight excluding hydrogens is 340 g/mol. The molecule has 0 radical (unpaired) electrons. The van der Waals surface area contributed by atoms with Gasteiger partial charge in [0.25, 0.3) is 5.91 Å². The van der Waals surface area contributed by atoms with Gasteiger partial charge in [-0.1, -0.05) is 0 Å². The lowest BCUT2D eigenvalue weighted by molar-refractivity contribution is -0.129. The SMILES string of the molecule is CC(=O)N1CCc2c(sc(NC(=O)c3nnc4n3CCC4)c2C#N)C1. The maximum absolute atomic E-state index is 12.6. The zero-order valence-electron chi connectivity index (χ0n) is 13.7. The largest absolute Gasteiger partial charge is 0.337 e. The van der Waals surface area contributed by atoms with Gasteiger partial charge in [-0.05, 0) is 18.4 Å². The van der Waals surface area contributed by atoms with E-state index in [-0.39, 0.29) is 17.6 Å². The van der Waals surface area contributed by atoms with Crippen LogP contribution in [0.3, 0.4) is 0 Å². The summed E-state index contributed by atoms with van der Waals surface area (Å²) >= 11 is 1.36. The van der Waals surface area contributed by atoms with Crippen molar-refractivity contribution >= 4 is 28.2 Å². The monoisotopic (exact) mass is 356 g/mol. The van der Waals surface area contributed by atoms with Crippen molar-refractivity contribution in [3.8, 4) is 6.07 Å². The molecule has 2 amide bonds. The number of hydrogen-bond acceptors (Lipinski definition) is 6. The number of carbonyl (C=O) groups is 2. The summed E-state index contributed by atoms with van der Waals surface area (Å²) in [6.45, 7) is 3.36. The van der Waals surface area contributed by atoms with Crippen LogP contribution in [0, 0.1) is 11.3 Å². The van der Waals surface area contributed by atoms with Crippen molar-refractivity contribution in [1.82, 2.24) is 19.7 Å². The zero-order chi connectivity index (χ0) is 17.6. The molecule has 0 saturated heterocycles. The van der Waals surface area contributed by atoms with Crippen molar-refractivity contribution in [3.63, 3.8) is 0 Å². The standard InChI is InChI=1S/C16H16N6O2S/c1-9(23)21-6-4-10-11(7-17)16(25-12(10)8-21)18-15(24)14-20-19-13-3-2-5-22(13)14/h2-6,8H2,1H3,(H,18,24). The van der Waals surface area contributed by atoms with Crippen molar-refractivity contribution in [2.75, 3.05) is 11.9 Å². The summed E-state index contributed by atoms with van der Waals surface area (Å²) in [5, 5.41) is 20.9. The Bertz CT molecular complexity index is 922. The second-order valence-corrected chi connectivity index (χ2v) is 7.26. The molecule has 0 saturated carbocycles. The molecule has 2 aromatic heterocycles. The summed E-state index contributed by atoms with van der Waals surface area (Å²) in [5.74, 6) is 0.780. The van der Waals surface area contributed by atoms with Crippen LogP contribution in [0.4, 0.5) is 5.00 Å². The molecule has 4 heterocycles. The average Bonchev–Trinajstić information content (AvgIpc) is 3.27. The predicted molar refractivity (Wildman–Crippen MR) is 90.1 cm³/mol. The first-order chi connectivity index (χ1) is 12.1. The number of nitriles is 1. The van der Waals surface area contributed by atoms with Crippen LogP contribution < -0.4 is 5.32 Å². The summed E-state index contributed by atoms with van der Waals surface area (Å²) < 4.78 is 1.83. The molecule has 0 atom stereocenters. The van der Waals surface area contributed by atoms with Gasteiger partial charge in [0.05, 0.1) is 12.1 Å². The highest BCUT2D eigenvalue weighted by molar-refractivity contribution is 7.16. The number of anilines is 1. The van der Waals surface area contributed by atoms with Crippen LogP contribution in [-0.2, 0) is 30.7 Å². The summed E-state index contributed by atoms with van der Waals surface area (Å²) in [4.78, 5) is 26.9. The van der Waals surface area contributed by atoms with Gasteiger partial charge in [-0.25, -0.2) is 0 Å². The van der Waals surface area contributed by atoms with Gasteiger partial charge in [0.2, 0.25) is 11.7 Å². The topological polar surface area (TPSA) is 104 Å². The van der Waals surface area contributed by atoms with E-state index in [0.29, 0.717) is 30.1 Å². The third-order valence-corrected chi connectivity index (χ3v) is 5.79. The van der Waals surface area contributed by atoms with E-state index in [0.717, 1.165) is 35.7 Å². The Morgan fingerprint density at radius 3 is 2.88 bits per heavy atom. The number of nitrogens with one attached hydrogen (secondary N) is 1. The summed E-state index contributed by atoms with van der Waals surface area (Å²) in [5.41, 5.74) is 1.43. The van der Waals surface area contributed by atoms with E-state index in [1.165, 1.54) is 11.3 Å².